The van der Waals surface area contributed by atoms with Crippen LogP contribution in [0.3, 0.4) is 0 Å². The van der Waals surface area contributed by atoms with Crippen molar-refractivity contribution in [3.63, 3.8) is 0 Å². The van der Waals surface area contributed by atoms with Gasteiger partial charge in [-0.2, -0.15) is 0 Å². The van der Waals surface area contributed by atoms with Gasteiger partial charge in [0.25, 0.3) is 5.91 Å². The van der Waals surface area contributed by atoms with Crippen LogP contribution in [-0.4, -0.2) is 38.4 Å². The molecule has 1 aliphatic rings. The van der Waals surface area contributed by atoms with Crippen molar-refractivity contribution in [1.29, 1.82) is 0 Å². The van der Waals surface area contributed by atoms with E-state index in [2.05, 4.69) is 23.8 Å². The Labute approximate surface area is 131 Å². The molecule has 118 valence electrons. The zero-order valence-electron chi connectivity index (χ0n) is 13.6. The molecule has 3 heterocycles. The van der Waals surface area contributed by atoms with Gasteiger partial charge in [-0.1, -0.05) is 26.7 Å². The Morgan fingerprint density at radius 2 is 2.14 bits per heavy atom. The molecule has 1 amide bonds. The first-order valence-corrected chi connectivity index (χ1v) is 8.20. The highest BCUT2D eigenvalue weighted by Gasteiger charge is 2.30. The van der Waals surface area contributed by atoms with Gasteiger partial charge < -0.3 is 9.47 Å². The lowest BCUT2D eigenvalue weighted by Gasteiger charge is -2.21. The molecule has 2 aromatic heterocycles. The molecule has 0 unspecified atom stereocenters. The molecule has 22 heavy (non-hydrogen) atoms. The van der Waals surface area contributed by atoms with Crippen LogP contribution in [0.2, 0.25) is 0 Å². The third kappa shape index (κ3) is 2.60. The number of aromatic nitrogens is 3. The van der Waals surface area contributed by atoms with Crippen LogP contribution < -0.4 is 0 Å². The topological polar surface area (TPSA) is 51.0 Å². The summed E-state index contributed by atoms with van der Waals surface area (Å²) in [5.74, 6) is 1.47. The fourth-order valence-electron chi connectivity index (χ4n) is 3.63. The van der Waals surface area contributed by atoms with E-state index >= 15 is 0 Å². The van der Waals surface area contributed by atoms with Crippen LogP contribution in [0.1, 0.15) is 43.5 Å². The predicted octanol–water partition coefficient (Wildman–Crippen LogP) is 2.87. The quantitative estimate of drug-likeness (QED) is 0.872. The number of pyridine rings is 1. The summed E-state index contributed by atoms with van der Waals surface area (Å²) in [6, 6.07) is 1.86. The van der Waals surface area contributed by atoms with Crippen LogP contribution in [0.25, 0.3) is 11.2 Å². The molecule has 0 aromatic carbocycles. The lowest BCUT2D eigenvalue weighted by Crippen LogP contribution is -2.29. The van der Waals surface area contributed by atoms with Crippen LogP contribution in [0.4, 0.5) is 0 Å². The van der Waals surface area contributed by atoms with Crippen molar-refractivity contribution in [2.24, 2.45) is 18.9 Å². The lowest BCUT2D eigenvalue weighted by molar-refractivity contribution is 0.0781. The maximum atomic E-state index is 12.7. The van der Waals surface area contributed by atoms with E-state index in [-0.39, 0.29) is 5.91 Å². The van der Waals surface area contributed by atoms with Gasteiger partial charge in [-0.25, -0.2) is 9.97 Å². The standard InChI is InChI=1S/C17H24N4O/c1-4-12(5-2)13-6-7-21(10-13)17(22)14-8-15-16(18-9-14)20(3)11-19-15/h8-9,11-13H,4-7,10H2,1-3H3/t13-/m1/s1. The number of rotatable bonds is 4. The first-order chi connectivity index (χ1) is 10.6. The van der Waals surface area contributed by atoms with Gasteiger partial charge in [-0.05, 0) is 24.3 Å². The summed E-state index contributed by atoms with van der Waals surface area (Å²) in [7, 11) is 1.91. The molecular weight excluding hydrogens is 276 g/mol. The number of nitrogens with zero attached hydrogens (tertiary/aromatic N) is 4. The number of likely N-dealkylation sites (tertiary alicyclic amines) is 1. The largest absolute Gasteiger partial charge is 0.338 e. The summed E-state index contributed by atoms with van der Waals surface area (Å²) in [6.45, 7) is 6.24. The van der Waals surface area contributed by atoms with Crippen molar-refractivity contribution in [3.8, 4) is 0 Å². The second-order valence-corrected chi connectivity index (χ2v) is 6.30. The van der Waals surface area contributed by atoms with E-state index in [9.17, 15) is 4.79 Å². The Morgan fingerprint density at radius 3 is 2.86 bits per heavy atom. The summed E-state index contributed by atoms with van der Waals surface area (Å²) in [6.07, 6.45) is 6.92. The molecule has 0 N–H and O–H groups in total. The van der Waals surface area contributed by atoms with Gasteiger partial charge >= 0.3 is 0 Å². The Bertz CT molecular complexity index is 674. The molecule has 0 radical (unpaired) electrons. The summed E-state index contributed by atoms with van der Waals surface area (Å²) >= 11 is 0. The summed E-state index contributed by atoms with van der Waals surface area (Å²) < 4.78 is 1.86. The van der Waals surface area contributed by atoms with E-state index in [0.717, 1.165) is 36.6 Å². The minimum absolute atomic E-state index is 0.0912. The number of hydrogen-bond donors (Lipinski definition) is 0. The molecule has 2 aromatic rings. The molecule has 0 spiro atoms. The van der Waals surface area contributed by atoms with Crippen molar-refractivity contribution in [2.75, 3.05) is 13.1 Å². The van der Waals surface area contributed by atoms with Crippen molar-refractivity contribution in [2.45, 2.75) is 33.1 Å². The summed E-state index contributed by atoms with van der Waals surface area (Å²) in [5.41, 5.74) is 2.24. The number of amides is 1. The minimum atomic E-state index is 0.0912. The maximum absolute atomic E-state index is 12.7. The molecule has 1 atom stereocenters. The average Bonchev–Trinajstić information content (AvgIpc) is 3.15. The van der Waals surface area contributed by atoms with Gasteiger partial charge in [0.05, 0.1) is 11.9 Å². The Hall–Kier alpha value is -1.91. The zero-order valence-corrected chi connectivity index (χ0v) is 13.6. The number of carbonyl (C=O) groups excluding carboxylic acids is 1. The highest BCUT2D eigenvalue weighted by Crippen LogP contribution is 2.29. The second kappa shape index (κ2) is 6.07. The second-order valence-electron chi connectivity index (χ2n) is 6.30. The smallest absolute Gasteiger partial charge is 0.255 e. The fourth-order valence-corrected chi connectivity index (χ4v) is 3.63. The van der Waals surface area contributed by atoms with E-state index in [1.54, 1.807) is 12.5 Å². The summed E-state index contributed by atoms with van der Waals surface area (Å²) in [5, 5.41) is 0. The van der Waals surface area contributed by atoms with Gasteiger partial charge in [0.1, 0.15) is 5.52 Å². The van der Waals surface area contributed by atoms with Crippen LogP contribution in [0.5, 0.6) is 0 Å². The molecule has 0 aliphatic carbocycles. The van der Waals surface area contributed by atoms with Crippen molar-refractivity contribution in [1.82, 2.24) is 19.4 Å². The normalized spacial score (nSPS) is 18.5. The van der Waals surface area contributed by atoms with Gasteiger partial charge in [0, 0.05) is 26.3 Å². The first-order valence-electron chi connectivity index (χ1n) is 8.20. The van der Waals surface area contributed by atoms with E-state index in [0.29, 0.717) is 11.5 Å². The predicted molar refractivity (Wildman–Crippen MR) is 86.6 cm³/mol. The molecule has 1 aliphatic heterocycles. The highest BCUT2D eigenvalue weighted by molar-refractivity contribution is 5.96. The molecule has 5 heteroatoms. The van der Waals surface area contributed by atoms with Crippen molar-refractivity contribution >= 4 is 17.1 Å². The van der Waals surface area contributed by atoms with E-state index in [1.807, 2.05) is 22.6 Å². The van der Waals surface area contributed by atoms with Crippen LogP contribution in [-0.2, 0) is 7.05 Å². The molecule has 1 fully saturated rings. The number of carbonyl (C=O) groups is 1. The highest BCUT2D eigenvalue weighted by atomic mass is 16.2. The fraction of sp³-hybridized carbons (Fsp3) is 0.588. The van der Waals surface area contributed by atoms with Crippen molar-refractivity contribution < 1.29 is 4.79 Å². The van der Waals surface area contributed by atoms with E-state index in [1.165, 1.54) is 12.8 Å². The maximum Gasteiger partial charge on any atom is 0.255 e. The molecule has 1 saturated heterocycles. The Morgan fingerprint density at radius 1 is 1.36 bits per heavy atom. The SMILES string of the molecule is CCC(CC)[C@@H]1CCN(C(=O)c2cnc3c(c2)ncn3C)C1. The lowest BCUT2D eigenvalue weighted by atomic mass is 9.87. The Balaban J connectivity index is 1.76. The van der Waals surface area contributed by atoms with Crippen LogP contribution in [0, 0.1) is 11.8 Å². The molecule has 3 rings (SSSR count). The minimum Gasteiger partial charge on any atom is -0.338 e. The monoisotopic (exact) mass is 300 g/mol. The molecule has 0 bridgehead atoms. The first kappa shape index (κ1) is 15.0. The summed E-state index contributed by atoms with van der Waals surface area (Å²) in [4.78, 5) is 23.3. The number of imidazole rings is 1. The number of aryl methyl sites for hydroxylation is 1. The zero-order chi connectivity index (χ0) is 15.7. The van der Waals surface area contributed by atoms with Gasteiger partial charge in [-0.3, -0.25) is 4.79 Å². The van der Waals surface area contributed by atoms with Gasteiger partial charge in [-0.15, -0.1) is 0 Å². The molecular formula is C17H24N4O. The molecule has 0 saturated carbocycles. The van der Waals surface area contributed by atoms with Crippen LogP contribution in [0.15, 0.2) is 18.6 Å². The van der Waals surface area contributed by atoms with Crippen molar-refractivity contribution in [3.05, 3.63) is 24.2 Å². The van der Waals surface area contributed by atoms with Gasteiger partial charge in [0.2, 0.25) is 0 Å². The van der Waals surface area contributed by atoms with E-state index < -0.39 is 0 Å². The van der Waals surface area contributed by atoms with E-state index in [4.69, 9.17) is 0 Å². The third-order valence-electron chi connectivity index (χ3n) is 5.03. The van der Waals surface area contributed by atoms with Crippen LogP contribution >= 0.6 is 0 Å². The Kier molecular flexibility index (Phi) is 4.14. The number of hydrogen-bond acceptors (Lipinski definition) is 3. The number of fused-ring (bicyclic) bond motifs is 1. The third-order valence-corrected chi connectivity index (χ3v) is 5.03. The average molecular weight is 300 g/mol. The van der Waals surface area contributed by atoms with Gasteiger partial charge in [0.15, 0.2) is 5.65 Å². The molecule has 5 nitrogen and oxygen atoms in total.